The Kier molecular flexibility index (Phi) is 4.03. The third-order valence-electron chi connectivity index (χ3n) is 2.85. The Balaban J connectivity index is 2.67. The summed E-state index contributed by atoms with van der Waals surface area (Å²) >= 11 is 0. The van der Waals surface area contributed by atoms with Gasteiger partial charge in [-0.25, -0.2) is 4.39 Å². The lowest BCUT2D eigenvalue weighted by Crippen LogP contribution is -2.06. The highest BCUT2D eigenvalue weighted by molar-refractivity contribution is 5.73. The molecule has 0 amide bonds. The van der Waals surface area contributed by atoms with E-state index in [9.17, 15) is 27.7 Å². The molecule has 2 aromatic carbocycles. The molecule has 0 aliphatic carbocycles. The van der Waals surface area contributed by atoms with Crippen molar-refractivity contribution in [3.8, 4) is 16.9 Å². The highest BCUT2D eigenvalue weighted by atomic mass is 19.4. The van der Waals surface area contributed by atoms with Crippen molar-refractivity contribution in [1.82, 2.24) is 0 Å². The first-order chi connectivity index (χ1) is 10.2. The Bertz CT molecular complexity index is 729. The quantitative estimate of drug-likeness (QED) is 0.484. The molecule has 0 aliphatic rings. The zero-order valence-electron chi connectivity index (χ0n) is 11.1. The number of benzene rings is 2. The van der Waals surface area contributed by atoms with Crippen molar-refractivity contribution in [2.75, 3.05) is 7.11 Å². The molecule has 2 aromatic rings. The van der Waals surface area contributed by atoms with Crippen molar-refractivity contribution in [3.63, 3.8) is 0 Å². The van der Waals surface area contributed by atoms with Gasteiger partial charge in [0.1, 0.15) is 11.6 Å². The molecule has 8 heteroatoms. The molecule has 0 saturated carbocycles. The summed E-state index contributed by atoms with van der Waals surface area (Å²) < 4.78 is 56.5. The predicted molar refractivity (Wildman–Crippen MR) is 68.9 cm³/mol. The summed E-state index contributed by atoms with van der Waals surface area (Å²) in [5, 5.41) is 10.8. The number of non-ortho nitro benzene ring substituents is 1. The third kappa shape index (κ3) is 3.16. The fourth-order valence-corrected chi connectivity index (χ4v) is 1.88. The van der Waals surface area contributed by atoms with Crippen LogP contribution in [0.2, 0.25) is 0 Å². The Hall–Kier alpha value is -2.64. The Labute approximate surface area is 122 Å². The van der Waals surface area contributed by atoms with E-state index in [1.165, 1.54) is 13.2 Å². The van der Waals surface area contributed by atoms with Gasteiger partial charge in [-0.15, -0.1) is 0 Å². The number of nitro benzene ring substituents is 1. The average molecular weight is 314 g/mol. The maximum Gasteiger partial charge on any atom is 0.417 e. The zero-order valence-corrected chi connectivity index (χ0v) is 11.1. The highest BCUT2D eigenvalue weighted by Gasteiger charge is 2.32. The molecule has 0 aromatic heterocycles. The van der Waals surface area contributed by atoms with Crippen LogP contribution in [0.5, 0.6) is 5.75 Å². The molecule has 0 aliphatic heterocycles. The largest absolute Gasteiger partial charge is 0.496 e. The molecule has 0 bridgehead atoms. The molecule has 0 heterocycles. The molecule has 0 N–H and O–H groups in total. The Morgan fingerprint density at radius 2 is 1.91 bits per heavy atom. The maximum absolute atomic E-state index is 13.4. The van der Waals surface area contributed by atoms with E-state index in [1.54, 1.807) is 6.07 Å². The maximum atomic E-state index is 13.4. The van der Waals surface area contributed by atoms with Crippen LogP contribution in [-0.4, -0.2) is 12.0 Å². The number of rotatable bonds is 3. The first-order valence-corrected chi connectivity index (χ1v) is 5.85. The van der Waals surface area contributed by atoms with Gasteiger partial charge in [0.25, 0.3) is 5.69 Å². The van der Waals surface area contributed by atoms with Gasteiger partial charge in [0.15, 0.2) is 0 Å². The van der Waals surface area contributed by atoms with Gasteiger partial charge in [0, 0.05) is 23.8 Å². The number of halogens is 4. The topological polar surface area (TPSA) is 52.4 Å². The van der Waals surface area contributed by atoms with Crippen LogP contribution in [0, 0.1) is 22.0 Å². The molecule has 2 rings (SSSR count). The molecule has 0 unspecified atom stereocenters. The highest BCUT2D eigenvalue weighted by Crippen LogP contribution is 2.37. The summed E-state index contributed by atoms with van der Waals surface area (Å²) in [5.74, 6) is -1.14. The van der Waals surface area contributed by atoms with E-state index in [4.69, 9.17) is 4.74 Å². The van der Waals surface area contributed by atoms with E-state index in [-0.39, 0.29) is 22.6 Å². The third-order valence-corrected chi connectivity index (χ3v) is 2.85. The number of nitrogens with zero attached hydrogens (tertiary/aromatic N) is 1. The van der Waals surface area contributed by atoms with Crippen LogP contribution in [0.1, 0.15) is 5.56 Å². The minimum absolute atomic E-state index is 0.0184. The van der Waals surface area contributed by atoms with E-state index >= 15 is 0 Å². The molecular weight excluding hydrogens is 306 g/mol. The monoisotopic (exact) mass is 314 g/mol. The smallest absolute Gasteiger partial charge is 0.417 e. The standard InChI is InChI=1S/C14H8F4NO3/c1-22-13-3-2-11(19(20)21)7-12(13)8-4-9(14(16,17)18)6-10(15)5-8/h2-5,7H,1H3. The molecule has 1 radical (unpaired) electrons. The van der Waals surface area contributed by atoms with Crippen molar-refractivity contribution < 1.29 is 27.2 Å². The van der Waals surface area contributed by atoms with Crippen molar-refractivity contribution in [2.45, 2.75) is 6.18 Å². The van der Waals surface area contributed by atoms with Gasteiger partial charge in [-0.2, -0.15) is 13.2 Å². The summed E-state index contributed by atoms with van der Waals surface area (Å²) in [5.41, 5.74) is -1.87. The van der Waals surface area contributed by atoms with Gasteiger partial charge < -0.3 is 4.74 Å². The number of hydrogen-bond acceptors (Lipinski definition) is 3. The lowest BCUT2D eigenvalue weighted by atomic mass is 10.0. The second-order valence-corrected chi connectivity index (χ2v) is 4.27. The Morgan fingerprint density at radius 3 is 2.45 bits per heavy atom. The lowest BCUT2D eigenvalue weighted by molar-refractivity contribution is -0.384. The molecular formula is C14H8F4NO3. The predicted octanol–water partition coefficient (Wildman–Crippen LogP) is 4.23. The first-order valence-electron chi connectivity index (χ1n) is 5.85. The van der Waals surface area contributed by atoms with Gasteiger partial charge in [-0.05, 0) is 23.8 Å². The van der Waals surface area contributed by atoms with Crippen LogP contribution in [0.4, 0.5) is 23.2 Å². The minimum atomic E-state index is -4.79. The number of methoxy groups -OCH3 is 1. The first kappa shape index (κ1) is 15.7. The molecule has 22 heavy (non-hydrogen) atoms. The second kappa shape index (κ2) is 5.63. The fraction of sp³-hybridized carbons (Fsp3) is 0.143. The van der Waals surface area contributed by atoms with E-state index in [1.807, 2.05) is 0 Å². The number of nitro groups is 1. The summed E-state index contributed by atoms with van der Waals surface area (Å²) in [7, 11) is 1.25. The van der Waals surface area contributed by atoms with E-state index in [2.05, 4.69) is 0 Å². The van der Waals surface area contributed by atoms with Gasteiger partial charge in [0.2, 0.25) is 0 Å². The van der Waals surface area contributed by atoms with E-state index < -0.39 is 22.5 Å². The molecule has 0 fully saturated rings. The van der Waals surface area contributed by atoms with Gasteiger partial charge in [-0.3, -0.25) is 10.1 Å². The van der Waals surface area contributed by atoms with Gasteiger partial charge in [0.05, 0.1) is 17.6 Å². The van der Waals surface area contributed by atoms with Gasteiger partial charge >= 0.3 is 6.18 Å². The molecule has 0 atom stereocenters. The lowest BCUT2D eigenvalue weighted by Gasteiger charge is -2.12. The summed E-state index contributed by atoms with van der Waals surface area (Å²) in [4.78, 5) is 10.1. The van der Waals surface area contributed by atoms with Crippen LogP contribution in [0.3, 0.4) is 0 Å². The van der Waals surface area contributed by atoms with Crippen LogP contribution >= 0.6 is 0 Å². The van der Waals surface area contributed by atoms with Crippen molar-refractivity contribution in [2.24, 2.45) is 0 Å². The molecule has 115 valence electrons. The number of ether oxygens (including phenoxy) is 1. The number of hydrogen-bond donors (Lipinski definition) is 0. The van der Waals surface area contributed by atoms with E-state index in [0.717, 1.165) is 18.2 Å². The normalized spacial score (nSPS) is 11.3. The zero-order chi connectivity index (χ0) is 16.5. The minimum Gasteiger partial charge on any atom is -0.496 e. The molecule has 4 nitrogen and oxygen atoms in total. The van der Waals surface area contributed by atoms with Crippen LogP contribution in [-0.2, 0) is 6.18 Å². The van der Waals surface area contributed by atoms with Gasteiger partial charge in [-0.1, -0.05) is 0 Å². The fourth-order valence-electron chi connectivity index (χ4n) is 1.88. The summed E-state index contributed by atoms with van der Waals surface area (Å²) in [6.45, 7) is 0. The molecule has 0 spiro atoms. The van der Waals surface area contributed by atoms with Crippen LogP contribution in [0.25, 0.3) is 11.1 Å². The molecule has 0 saturated heterocycles. The van der Waals surface area contributed by atoms with Crippen LogP contribution < -0.4 is 4.74 Å². The van der Waals surface area contributed by atoms with E-state index in [0.29, 0.717) is 6.07 Å². The SMILES string of the molecule is COc1ccc([N+](=O)[O-])cc1-c1cc(F)[c]c(C(F)(F)F)c1. The summed E-state index contributed by atoms with van der Waals surface area (Å²) in [6.07, 6.45) is -4.79. The number of alkyl halides is 3. The van der Waals surface area contributed by atoms with Crippen LogP contribution in [0.15, 0.2) is 30.3 Å². The van der Waals surface area contributed by atoms with Crippen molar-refractivity contribution >= 4 is 5.69 Å². The van der Waals surface area contributed by atoms with Crippen molar-refractivity contribution in [3.05, 3.63) is 57.9 Å². The Morgan fingerprint density at radius 1 is 1.23 bits per heavy atom. The average Bonchev–Trinajstić information content (AvgIpc) is 2.44. The second-order valence-electron chi connectivity index (χ2n) is 4.27. The van der Waals surface area contributed by atoms with Crippen molar-refractivity contribution in [1.29, 1.82) is 0 Å². The summed E-state index contributed by atoms with van der Waals surface area (Å²) in [6, 6.07) is 6.42.